The van der Waals surface area contributed by atoms with E-state index in [9.17, 15) is 9.18 Å². The molecule has 3 nitrogen and oxygen atoms in total. The number of rotatable bonds is 7. The van der Waals surface area contributed by atoms with Crippen LogP contribution in [-0.4, -0.2) is 42.2 Å². The fraction of sp³-hybridized carbons (Fsp3) is 0.611. The van der Waals surface area contributed by atoms with Gasteiger partial charge in [-0.1, -0.05) is 13.8 Å². The van der Waals surface area contributed by atoms with E-state index in [0.29, 0.717) is 6.04 Å². The molecule has 1 aromatic rings. The molecule has 6 heteroatoms. The monoisotopic (exact) mass is 374 g/mol. The fourth-order valence-corrected chi connectivity index (χ4v) is 3.85. The Morgan fingerprint density at radius 2 is 1.96 bits per heavy atom. The van der Waals surface area contributed by atoms with Crippen LogP contribution in [-0.2, 0) is 4.79 Å². The van der Waals surface area contributed by atoms with Gasteiger partial charge in [-0.05, 0) is 56.6 Å². The van der Waals surface area contributed by atoms with Crippen LogP contribution in [0, 0.1) is 11.7 Å². The first kappa shape index (κ1) is 21.3. The predicted molar refractivity (Wildman–Crippen MR) is 101 cm³/mol. The van der Waals surface area contributed by atoms with Crippen LogP contribution in [0.3, 0.4) is 0 Å². The number of carbonyl (C=O) groups excluding carboxylic acids is 1. The van der Waals surface area contributed by atoms with Crippen LogP contribution in [0.15, 0.2) is 29.2 Å². The second-order valence-electron chi connectivity index (χ2n) is 6.18. The Labute approximate surface area is 155 Å². The molecule has 24 heavy (non-hydrogen) atoms. The van der Waals surface area contributed by atoms with Crippen LogP contribution >= 0.6 is 24.2 Å². The summed E-state index contributed by atoms with van der Waals surface area (Å²) in [7, 11) is 0. The van der Waals surface area contributed by atoms with Gasteiger partial charge in [0.15, 0.2) is 0 Å². The number of hydrogen-bond donors (Lipinski definition) is 1. The molecule has 1 N–H and O–H groups in total. The molecule has 0 aromatic heterocycles. The first-order valence-corrected chi connectivity index (χ1v) is 9.50. The lowest BCUT2D eigenvalue weighted by molar-refractivity contribution is -0.137. The van der Waals surface area contributed by atoms with Crippen LogP contribution in [0.4, 0.5) is 4.39 Å². The summed E-state index contributed by atoms with van der Waals surface area (Å²) in [4.78, 5) is 15.9. The van der Waals surface area contributed by atoms with Crippen LogP contribution in [0.1, 0.15) is 33.1 Å². The van der Waals surface area contributed by atoms with Crippen molar-refractivity contribution in [2.75, 3.05) is 25.4 Å². The van der Waals surface area contributed by atoms with Gasteiger partial charge in [0, 0.05) is 29.2 Å². The summed E-state index contributed by atoms with van der Waals surface area (Å²) in [6.07, 6.45) is 3.08. The highest BCUT2D eigenvalue weighted by Gasteiger charge is 2.27. The zero-order valence-electron chi connectivity index (χ0n) is 14.5. The normalized spacial score (nSPS) is 16.3. The van der Waals surface area contributed by atoms with E-state index < -0.39 is 0 Å². The molecule has 1 amide bonds. The first-order valence-electron chi connectivity index (χ1n) is 8.51. The van der Waals surface area contributed by atoms with Crippen molar-refractivity contribution in [3.63, 3.8) is 0 Å². The molecule has 0 aliphatic carbocycles. The molecule has 1 aliphatic heterocycles. The van der Waals surface area contributed by atoms with Gasteiger partial charge >= 0.3 is 0 Å². The van der Waals surface area contributed by atoms with Gasteiger partial charge in [0.1, 0.15) is 5.82 Å². The Balaban J connectivity index is 0.00000288. The Morgan fingerprint density at radius 1 is 1.33 bits per heavy atom. The number of benzene rings is 1. The maximum Gasteiger partial charge on any atom is 0.226 e. The minimum Gasteiger partial charge on any atom is -0.339 e. The number of amides is 1. The maximum absolute atomic E-state index is 12.9. The lowest BCUT2D eigenvalue weighted by Gasteiger charge is -2.36. The Morgan fingerprint density at radius 3 is 2.54 bits per heavy atom. The minimum atomic E-state index is -0.224. The van der Waals surface area contributed by atoms with E-state index >= 15 is 0 Å². The molecule has 0 saturated carbocycles. The highest BCUT2D eigenvalue weighted by molar-refractivity contribution is 7.99. The minimum absolute atomic E-state index is 0. The molecule has 1 saturated heterocycles. The molecular formula is C18H28ClFN2OS. The fourth-order valence-electron chi connectivity index (χ4n) is 2.94. The summed E-state index contributed by atoms with van der Waals surface area (Å²) in [5.41, 5.74) is 0. The summed E-state index contributed by atoms with van der Waals surface area (Å²) in [6, 6.07) is 6.85. The van der Waals surface area contributed by atoms with E-state index in [-0.39, 0.29) is 30.0 Å². The second-order valence-corrected chi connectivity index (χ2v) is 7.27. The van der Waals surface area contributed by atoms with Gasteiger partial charge in [0.05, 0.1) is 0 Å². The maximum atomic E-state index is 12.9. The highest BCUT2D eigenvalue weighted by Crippen LogP contribution is 2.23. The van der Waals surface area contributed by atoms with Crippen molar-refractivity contribution in [1.29, 1.82) is 0 Å². The van der Waals surface area contributed by atoms with Crippen molar-refractivity contribution in [2.24, 2.45) is 5.92 Å². The van der Waals surface area contributed by atoms with E-state index in [4.69, 9.17) is 0 Å². The molecule has 2 rings (SSSR count). The SMILES string of the molecule is CCCN(C(=O)C(C)CSc1ccc(F)cc1)C1CCNCC1.Cl. The van der Waals surface area contributed by atoms with E-state index in [1.165, 1.54) is 12.1 Å². The van der Waals surface area contributed by atoms with E-state index in [2.05, 4.69) is 17.1 Å². The number of thioether (sulfide) groups is 1. The average Bonchev–Trinajstić information content (AvgIpc) is 2.59. The Kier molecular flexibility index (Phi) is 9.71. The Hall–Kier alpha value is -0.780. The van der Waals surface area contributed by atoms with Crippen molar-refractivity contribution in [2.45, 2.75) is 44.0 Å². The summed E-state index contributed by atoms with van der Waals surface area (Å²) < 4.78 is 12.9. The topological polar surface area (TPSA) is 32.3 Å². The number of hydrogen-bond acceptors (Lipinski definition) is 3. The second kappa shape index (κ2) is 11.0. The molecule has 1 atom stereocenters. The summed E-state index contributed by atoms with van der Waals surface area (Å²) in [6.45, 7) is 6.96. The lowest BCUT2D eigenvalue weighted by atomic mass is 10.0. The van der Waals surface area contributed by atoms with Gasteiger partial charge in [0.25, 0.3) is 0 Å². The van der Waals surface area contributed by atoms with Crippen LogP contribution in [0.25, 0.3) is 0 Å². The highest BCUT2D eigenvalue weighted by atomic mass is 35.5. The predicted octanol–water partition coefficient (Wildman–Crippen LogP) is 3.97. The van der Waals surface area contributed by atoms with Gasteiger partial charge in [-0.15, -0.1) is 24.2 Å². The number of halogens is 2. The van der Waals surface area contributed by atoms with Crippen LogP contribution < -0.4 is 5.32 Å². The van der Waals surface area contributed by atoms with E-state index in [1.807, 2.05) is 6.92 Å². The molecule has 1 unspecified atom stereocenters. The molecular weight excluding hydrogens is 347 g/mol. The van der Waals surface area contributed by atoms with Crippen molar-refractivity contribution >= 4 is 30.1 Å². The zero-order chi connectivity index (χ0) is 16.7. The summed E-state index contributed by atoms with van der Waals surface area (Å²) in [5.74, 6) is 0.744. The van der Waals surface area contributed by atoms with Gasteiger partial charge < -0.3 is 10.2 Å². The number of nitrogens with zero attached hydrogens (tertiary/aromatic N) is 1. The van der Waals surface area contributed by atoms with Crippen molar-refractivity contribution < 1.29 is 9.18 Å². The van der Waals surface area contributed by atoms with Crippen LogP contribution in [0.5, 0.6) is 0 Å². The largest absolute Gasteiger partial charge is 0.339 e. The van der Waals surface area contributed by atoms with Crippen molar-refractivity contribution in [1.82, 2.24) is 10.2 Å². The third-order valence-corrected chi connectivity index (χ3v) is 5.50. The Bertz CT molecular complexity index is 494. The first-order chi connectivity index (χ1) is 11.1. The number of carbonyl (C=O) groups is 1. The smallest absolute Gasteiger partial charge is 0.226 e. The summed E-state index contributed by atoms with van der Waals surface area (Å²) >= 11 is 1.62. The van der Waals surface area contributed by atoms with Crippen molar-refractivity contribution in [3.05, 3.63) is 30.1 Å². The van der Waals surface area contributed by atoms with E-state index in [0.717, 1.165) is 49.5 Å². The molecule has 1 aromatic carbocycles. The molecule has 0 radical (unpaired) electrons. The third-order valence-electron chi connectivity index (χ3n) is 4.23. The van der Waals surface area contributed by atoms with Gasteiger partial charge in [-0.25, -0.2) is 4.39 Å². The number of piperidine rings is 1. The molecule has 1 fully saturated rings. The van der Waals surface area contributed by atoms with Crippen LogP contribution in [0.2, 0.25) is 0 Å². The van der Waals surface area contributed by atoms with E-state index in [1.54, 1.807) is 23.9 Å². The third kappa shape index (κ3) is 6.26. The van der Waals surface area contributed by atoms with Crippen molar-refractivity contribution in [3.8, 4) is 0 Å². The zero-order valence-corrected chi connectivity index (χ0v) is 16.1. The molecule has 1 aliphatic rings. The molecule has 0 bridgehead atoms. The number of nitrogens with one attached hydrogen (secondary N) is 1. The van der Waals surface area contributed by atoms with Gasteiger partial charge in [-0.2, -0.15) is 0 Å². The molecule has 1 heterocycles. The van der Waals surface area contributed by atoms with Gasteiger partial charge in [-0.3, -0.25) is 4.79 Å². The quantitative estimate of drug-likeness (QED) is 0.733. The average molecular weight is 375 g/mol. The summed E-state index contributed by atoms with van der Waals surface area (Å²) in [5, 5.41) is 3.36. The lowest BCUT2D eigenvalue weighted by Crippen LogP contribution is -2.48. The molecule has 136 valence electrons. The standard InChI is InChI=1S/C18H27FN2OS.ClH/c1-3-12-21(16-8-10-20-11-9-16)18(22)14(2)13-23-17-6-4-15(19)5-7-17;/h4-7,14,16,20H,3,8-13H2,1-2H3;1H. The molecule has 0 spiro atoms. The van der Waals surface area contributed by atoms with Gasteiger partial charge in [0.2, 0.25) is 5.91 Å².